The van der Waals surface area contributed by atoms with E-state index >= 15 is 0 Å². The number of fused-ring (bicyclic) bond motifs is 6. The summed E-state index contributed by atoms with van der Waals surface area (Å²) in [5, 5.41) is 5.12. The number of rotatable bonds is 8. The van der Waals surface area contributed by atoms with E-state index in [4.69, 9.17) is 0 Å². The molecule has 0 unspecified atom stereocenters. The molecule has 0 amide bonds. The van der Waals surface area contributed by atoms with Gasteiger partial charge >= 0.3 is 0 Å². The van der Waals surface area contributed by atoms with Crippen LogP contribution in [0.15, 0.2) is 237 Å². The summed E-state index contributed by atoms with van der Waals surface area (Å²) < 4.78 is 2.39. The molecule has 64 heavy (non-hydrogen) atoms. The normalized spacial score (nSPS) is 12.2. The van der Waals surface area contributed by atoms with Gasteiger partial charge in [0, 0.05) is 33.4 Å². The van der Waals surface area contributed by atoms with Crippen molar-refractivity contribution in [2.45, 2.75) is 12.8 Å². The topological polar surface area (TPSA) is 8.17 Å². The van der Waals surface area contributed by atoms with E-state index in [1.54, 1.807) is 0 Å². The van der Waals surface area contributed by atoms with Crippen LogP contribution in [0.4, 0.5) is 17.1 Å². The molecule has 12 rings (SSSR count). The van der Waals surface area contributed by atoms with Crippen molar-refractivity contribution >= 4 is 55.7 Å². The first-order chi connectivity index (χ1) is 31.8. The molecular weight excluding hydrogens is 773 g/mol. The van der Waals surface area contributed by atoms with Crippen LogP contribution in [-0.2, 0) is 6.42 Å². The van der Waals surface area contributed by atoms with Crippen LogP contribution in [0.25, 0.3) is 88.8 Å². The molecule has 0 saturated heterocycles. The SMILES string of the molecule is C1=Cc2c(c(-c3ccc(N(c4ccc(-c5ccccc5)cc4)c4ccccc4-c4cccc(-c5cccc6c5c5ccccc5n6-c5ccccc5)c4)cc3)cc3ccccc23)CC1. The van der Waals surface area contributed by atoms with Crippen molar-refractivity contribution in [3.63, 3.8) is 0 Å². The van der Waals surface area contributed by atoms with Gasteiger partial charge in [-0.2, -0.15) is 0 Å². The third-order valence-electron chi connectivity index (χ3n) is 13.1. The van der Waals surface area contributed by atoms with Crippen LogP contribution in [0.3, 0.4) is 0 Å². The van der Waals surface area contributed by atoms with Crippen molar-refractivity contribution in [1.82, 2.24) is 4.57 Å². The van der Waals surface area contributed by atoms with Gasteiger partial charge in [-0.05, 0) is 140 Å². The van der Waals surface area contributed by atoms with E-state index in [1.165, 1.54) is 77.1 Å². The average Bonchev–Trinajstić information content (AvgIpc) is 3.72. The van der Waals surface area contributed by atoms with Crippen molar-refractivity contribution in [3.8, 4) is 50.2 Å². The van der Waals surface area contributed by atoms with Crippen molar-refractivity contribution in [3.05, 3.63) is 248 Å². The number of para-hydroxylation sites is 3. The quantitative estimate of drug-likeness (QED) is 0.148. The van der Waals surface area contributed by atoms with Gasteiger partial charge in [0.2, 0.25) is 0 Å². The van der Waals surface area contributed by atoms with Crippen LogP contribution >= 0.6 is 0 Å². The van der Waals surface area contributed by atoms with Crippen LogP contribution in [0.1, 0.15) is 17.5 Å². The predicted molar refractivity (Wildman–Crippen MR) is 272 cm³/mol. The van der Waals surface area contributed by atoms with Crippen LogP contribution in [-0.4, -0.2) is 4.57 Å². The number of allylic oxidation sites excluding steroid dienone is 1. The Balaban J connectivity index is 0.994. The van der Waals surface area contributed by atoms with Crippen molar-refractivity contribution in [1.29, 1.82) is 0 Å². The Kier molecular flexibility index (Phi) is 9.34. The summed E-state index contributed by atoms with van der Waals surface area (Å²) in [6.07, 6.45) is 6.76. The minimum absolute atomic E-state index is 1.05. The van der Waals surface area contributed by atoms with Gasteiger partial charge in [0.1, 0.15) is 0 Å². The molecule has 1 aliphatic rings. The van der Waals surface area contributed by atoms with E-state index in [1.807, 2.05) is 0 Å². The molecule has 2 heteroatoms. The molecule has 0 aliphatic heterocycles. The summed E-state index contributed by atoms with van der Waals surface area (Å²) in [5.74, 6) is 0. The first kappa shape index (κ1) is 37.6. The second kappa shape index (κ2) is 15.9. The van der Waals surface area contributed by atoms with E-state index in [0.717, 1.165) is 46.7 Å². The highest BCUT2D eigenvalue weighted by atomic mass is 15.1. The molecule has 10 aromatic carbocycles. The van der Waals surface area contributed by atoms with Gasteiger partial charge in [-0.3, -0.25) is 0 Å². The molecule has 0 radical (unpaired) electrons. The molecule has 0 fully saturated rings. The van der Waals surface area contributed by atoms with Gasteiger partial charge in [-0.15, -0.1) is 0 Å². The minimum atomic E-state index is 1.05. The lowest BCUT2D eigenvalue weighted by atomic mass is 9.85. The third kappa shape index (κ3) is 6.51. The second-order valence-electron chi connectivity index (χ2n) is 16.8. The molecule has 1 aromatic heterocycles. The van der Waals surface area contributed by atoms with Crippen molar-refractivity contribution in [2.24, 2.45) is 0 Å². The van der Waals surface area contributed by atoms with E-state index in [-0.39, 0.29) is 0 Å². The molecule has 1 aliphatic carbocycles. The first-order valence-electron chi connectivity index (χ1n) is 22.3. The maximum atomic E-state index is 2.42. The van der Waals surface area contributed by atoms with Gasteiger partial charge in [0.25, 0.3) is 0 Å². The maximum absolute atomic E-state index is 2.42. The number of benzene rings is 10. The Morgan fingerprint density at radius 2 is 0.969 bits per heavy atom. The zero-order chi connectivity index (χ0) is 42.4. The van der Waals surface area contributed by atoms with E-state index in [0.29, 0.717) is 0 Å². The van der Waals surface area contributed by atoms with Crippen LogP contribution in [0.2, 0.25) is 0 Å². The molecule has 0 atom stereocenters. The Bertz CT molecular complexity index is 3520. The molecule has 0 bridgehead atoms. The van der Waals surface area contributed by atoms with Crippen molar-refractivity contribution in [2.75, 3.05) is 4.90 Å². The Morgan fingerprint density at radius 1 is 0.391 bits per heavy atom. The zero-order valence-electron chi connectivity index (χ0n) is 35.4. The van der Waals surface area contributed by atoms with Crippen LogP contribution < -0.4 is 4.90 Å². The van der Waals surface area contributed by atoms with E-state index in [9.17, 15) is 0 Å². The van der Waals surface area contributed by atoms with Gasteiger partial charge in [-0.25, -0.2) is 0 Å². The molecule has 0 N–H and O–H groups in total. The number of hydrogen-bond acceptors (Lipinski definition) is 1. The second-order valence-corrected chi connectivity index (χ2v) is 16.8. The molecule has 0 saturated carbocycles. The predicted octanol–water partition coefficient (Wildman–Crippen LogP) is 17.0. The number of hydrogen-bond donors (Lipinski definition) is 0. The maximum Gasteiger partial charge on any atom is 0.0547 e. The van der Waals surface area contributed by atoms with Crippen LogP contribution in [0, 0.1) is 0 Å². The van der Waals surface area contributed by atoms with Gasteiger partial charge in [-0.1, -0.05) is 176 Å². The van der Waals surface area contributed by atoms with Gasteiger partial charge in [0.15, 0.2) is 0 Å². The van der Waals surface area contributed by atoms with Gasteiger partial charge < -0.3 is 9.47 Å². The third-order valence-corrected chi connectivity index (χ3v) is 13.1. The molecule has 0 spiro atoms. The Morgan fingerprint density at radius 3 is 1.77 bits per heavy atom. The lowest BCUT2D eigenvalue weighted by Crippen LogP contribution is -2.11. The fourth-order valence-corrected chi connectivity index (χ4v) is 10.1. The first-order valence-corrected chi connectivity index (χ1v) is 22.3. The van der Waals surface area contributed by atoms with Crippen molar-refractivity contribution < 1.29 is 0 Å². The fraction of sp³-hybridized carbons (Fsp3) is 0.0323. The van der Waals surface area contributed by atoms with E-state index < -0.39 is 0 Å². The van der Waals surface area contributed by atoms with Gasteiger partial charge in [0.05, 0.1) is 16.7 Å². The highest BCUT2D eigenvalue weighted by Crippen LogP contribution is 2.45. The Labute approximate surface area is 374 Å². The summed E-state index contributed by atoms with van der Waals surface area (Å²) in [4.78, 5) is 2.42. The number of aromatic nitrogens is 1. The van der Waals surface area contributed by atoms with Crippen LogP contribution in [0.5, 0.6) is 0 Å². The summed E-state index contributed by atoms with van der Waals surface area (Å²) in [7, 11) is 0. The van der Waals surface area contributed by atoms with E-state index in [2.05, 4.69) is 252 Å². The largest absolute Gasteiger partial charge is 0.310 e. The smallest absolute Gasteiger partial charge is 0.0547 e. The summed E-state index contributed by atoms with van der Waals surface area (Å²) in [6, 6.07) is 84.3. The lowest BCUT2D eigenvalue weighted by Gasteiger charge is -2.28. The highest BCUT2D eigenvalue weighted by Gasteiger charge is 2.21. The average molecular weight is 817 g/mol. The number of nitrogens with zero attached hydrogens (tertiary/aromatic N) is 2. The summed E-state index contributed by atoms with van der Waals surface area (Å²) in [6.45, 7) is 0. The minimum Gasteiger partial charge on any atom is -0.310 e. The monoisotopic (exact) mass is 816 g/mol. The standard InChI is InChI=1S/C62H44N2/c1-3-17-43(18-4-1)44-33-37-50(38-34-44)63(51-39-35-45(36-40-51)58-42-48-19-7-8-24-52(48)55-26-9-10-27-56(55)58)59-30-13-11-25-53(59)46-20-15-21-47(41-46)54-29-16-32-61-62(54)57-28-12-14-31-60(57)64(61)49-22-5-2-6-23-49/h1-9,11-26,28-42H,10,27H2. The fourth-order valence-electron chi connectivity index (χ4n) is 10.1. The lowest BCUT2D eigenvalue weighted by molar-refractivity contribution is 0.992. The molecule has 11 aromatic rings. The molecular formula is C62H44N2. The summed E-state index contributed by atoms with van der Waals surface area (Å²) in [5.41, 5.74) is 19.4. The Hall–Kier alpha value is -8.20. The zero-order valence-corrected chi connectivity index (χ0v) is 35.4. The number of anilines is 3. The molecule has 302 valence electrons. The molecule has 2 nitrogen and oxygen atoms in total. The molecule has 1 heterocycles. The summed E-state index contributed by atoms with van der Waals surface area (Å²) >= 11 is 0. The highest BCUT2D eigenvalue weighted by molar-refractivity contribution is 6.16.